The molecule has 0 bridgehead atoms. The summed E-state index contributed by atoms with van der Waals surface area (Å²) in [5.41, 5.74) is -0.968. The lowest BCUT2D eigenvalue weighted by molar-refractivity contribution is -0.142. The van der Waals surface area contributed by atoms with Crippen molar-refractivity contribution in [3.05, 3.63) is 57.5 Å². The zero-order chi connectivity index (χ0) is 24.5. The summed E-state index contributed by atoms with van der Waals surface area (Å²) in [5, 5.41) is 2.66. The molecular formula is C23H24F3N3O4. The molecule has 0 saturated carbocycles. The van der Waals surface area contributed by atoms with Gasteiger partial charge in [0.15, 0.2) is 11.5 Å². The van der Waals surface area contributed by atoms with Crippen molar-refractivity contribution >= 4 is 22.6 Å². The van der Waals surface area contributed by atoms with Crippen LogP contribution in [-0.2, 0) is 11.0 Å². The maximum Gasteiger partial charge on any atom is 0.438 e. The topological polar surface area (TPSA) is 82.5 Å². The summed E-state index contributed by atoms with van der Waals surface area (Å²) in [6, 6.07) is 6.51. The highest BCUT2D eigenvalue weighted by Crippen LogP contribution is 2.31. The first kappa shape index (κ1) is 24.1. The van der Waals surface area contributed by atoms with Crippen LogP contribution in [0, 0.1) is 13.8 Å². The fourth-order valence-electron chi connectivity index (χ4n) is 3.58. The van der Waals surface area contributed by atoms with Gasteiger partial charge in [0.1, 0.15) is 6.04 Å². The Labute approximate surface area is 188 Å². The molecule has 0 radical (unpaired) electrons. The van der Waals surface area contributed by atoms with Gasteiger partial charge < -0.3 is 14.8 Å². The van der Waals surface area contributed by atoms with Gasteiger partial charge >= 0.3 is 6.18 Å². The fraction of sp³-hybridized carbons (Fsp3) is 0.348. The third-order valence-electron chi connectivity index (χ3n) is 5.42. The maximum atomic E-state index is 13.6. The molecule has 0 unspecified atom stereocenters. The van der Waals surface area contributed by atoms with Gasteiger partial charge in [-0.05, 0) is 55.7 Å². The number of hydrogen-bond donors (Lipinski definition) is 1. The minimum Gasteiger partial charge on any atom is -0.493 e. The second kappa shape index (κ2) is 9.13. The SMILES string of the molecule is CC[C@H](C(=O)Nc1ccc(OC)c(OC)c1)n1c(=O)c(C(F)(F)F)nc2cc(C)c(C)cc21. The van der Waals surface area contributed by atoms with Gasteiger partial charge in [0, 0.05) is 11.8 Å². The van der Waals surface area contributed by atoms with Crippen LogP contribution in [0.25, 0.3) is 11.0 Å². The van der Waals surface area contributed by atoms with E-state index in [-0.39, 0.29) is 17.5 Å². The van der Waals surface area contributed by atoms with Crippen LogP contribution in [0.15, 0.2) is 35.1 Å². The Kier molecular flexibility index (Phi) is 6.66. The second-order valence-corrected chi connectivity index (χ2v) is 7.54. The Morgan fingerprint density at radius 3 is 2.30 bits per heavy atom. The lowest BCUT2D eigenvalue weighted by Gasteiger charge is -2.22. The summed E-state index contributed by atoms with van der Waals surface area (Å²) in [4.78, 5) is 29.7. The predicted molar refractivity (Wildman–Crippen MR) is 118 cm³/mol. The molecule has 0 aliphatic rings. The van der Waals surface area contributed by atoms with E-state index in [0.717, 1.165) is 15.7 Å². The van der Waals surface area contributed by atoms with E-state index in [2.05, 4.69) is 10.3 Å². The van der Waals surface area contributed by atoms with Gasteiger partial charge in [0.05, 0.1) is 25.3 Å². The number of carbonyl (C=O) groups excluding carboxylic acids is 1. The van der Waals surface area contributed by atoms with Crippen LogP contribution < -0.4 is 20.3 Å². The number of aryl methyl sites for hydroxylation is 2. The predicted octanol–water partition coefficient (Wildman–Crippen LogP) is 4.64. The summed E-state index contributed by atoms with van der Waals surface area (Å²) >= 11 is 0. The molecule has 0 saturated heterocycles. The number of ether oxygens (including phenoxy) is 2. The maximum absolute atomic E-state index is 13.6. The quantitative estimate of drug-likeness (QED) is 0.576. The molecule has 3 rings (SSSR count). The van der Waals surface area contributed by atoms with Crippen molar-refractivity contribution in [3.63, 3.8) is 0 Å². The summed E-state index contributed by atoms with van der Waals surface area (Å²) in [6.45, 7) is 5.12. The number of aromatic nitrogens is 2. The second-order valence-electron chi connectivity index (χ2n) is 7.54. The average Bonchev–Trinajstić information content (AvgIpc) is 2.75. The van der Waals surface area contributed by atoms with Crippen molar-refractivity contribution in [2.24, 2.45) is 0 Å². The van der Waals surface area contributed by atoms with Crippen molar-refractivity contribution in [2.75, 3.05) is 19.5 Å². The van der Waals surface area contributed by atoms with E-state index in [1.54, 1.807) is 39.0 Å². The number of halogens is 3. The largest absolute Gasteiger partial charge is 0.493 e. The molecule has 1 N–H and O–H groups in total. The van der Waals surface area contributed by atoms with Gasteiger partial charge in [-0.25, -0.2) is 4.98 Å². The number of rotatable bonds is 6. The van der Waals surface area contributed by atoms with Gasteiger partial charge in [-0.15, -0.1) is 0 Å². The number of nitrogens with one attached hydrogen (secondary N) is 1. The number of carbonyl (C=O) groups is 1. The van der Waals surface area contributed by atoms with E-state index < -0.39 is 29.4 Å². The first-order chi connectivity index (χ1) is 15.5. The van der Waals surface area contributed by atoms with Crippen molar-refractivity contribution in [2.45, 2.75) is 39.4 Å². The molecule has 7 nitrogen and oxygen atoms in total. The Bertz CT molecular complexity index is 1270. The molecule has 1 amide bonds. The minimum atomic E-state index is -4.97. The Hall–Kier alpha value is -3.56. The van der Waals surface area contributed by atoms with Crippen molar-refractivity contribution in [1.82, 2.24) is 9.55 Å². The Morgan fingerprint density at radius 1 is 1.09 bits per heavy atom. The highest BCUT2D eigenvalue weighted by atomic mass is 19.4. The first-order valence-corrected chi connectivity index (χ1v) is 10.1. The summed E-state index contributed by atoms with van der Waals surface area (Å²) in [6.07, 6.45) is -4.90. The molecule has 2 aromatic carbocycles. The van der Waals surface area contributed by atoms with E-state index in [9.17, 15) is 22.8 Å². The molecule has 176 valence electrons. The van der Waals surface area contributed by atoms with E-state index >= 15 is 0 Å². The molecule has 1 atom stereocenters. The van der Waals surface area contributed by atoms with Crippen molar-refractivity contribution in [1.29, 1.82) is 0 Å². The molecule has 1 heterocycles. The van der Waals surface area contributed by atoms with Crippen LogP contribution >= 0.6 is 0 Å². The molecular weight excluding hydrogens is 439 g/mol. The van der Waals surface area contributed by atoms with Crippen LogP contribution in [0.1, 0.15) is 36.2 Å². The molecule has 33 heavy (non-hydrogen) atoms. The third-order valence-corrected chi connectivity index (χ3v) is 5.42. The zero-order valence-electron chi connectivity index (χ0n) is 18.8. The number of alkyl halides is 3. The van der Waals surface area contributed by atoms with E-state index in [1.807, 2.05) is 0 Å². The number of benzene rings is 2. The lowest BCUT2D eigenvalue weighted by atomic mass is 10.1. The molecule has 1 aromatic heterocycles. The highest BCUT2D eigenvalue weighted by molar-refractivity contribution is 5.95. The highest BCUT2D eigenvalue weighted by Gasteiger charge is 2.39. The van der Waals surface area contributed by atoms with Gasteiger partial charge in [0.25, 0.3) is 5.56 Å². The number of nitrogens with zero attached hydrogens (tertiary/aromatic N) is 2. The van der Waals surface area contributed by atoms with Crippen LogP contribution in [0.2, 0.25) is 0 Å². The van der Waals surface area contributed by atoms with Gasteiger partial charge in [-0.2, -0.15) is 13.2 Å². The fourth-order valence-corrected chi connectivity index (χ4v) is 3.58. The van der Waals surface area contributed by atoms with Crippen LogP contribution in [0.5, 0.6) is 11.5 Å². The molecule has 0 aliphatic carbocycles. The zero-order valence-corrected chi connectivity index (χ0v) is 18.8. The van der Waals surface area contributed by atoms with Crippen molar-refractivity contribution < 1.29 is 27.4 Å². The average molecular weight is 463 g/mol. The minimum absolute atomic E-state index is 0.0117. The summed E-state index contributed by atoms with van der Waals surface area (Å²) < 4.78 is 52.1. The van der Waals surface area contributed by atoms with E-state index in [0.29, 0.717) is 17.2 Å². The van der Waals surface area contributed by atoms with Crippen molar-refractivity contribution in [3.8, 4) is 11.5 Å². The number of methoxy groups -OCH3 is 2. The van der Waals surface area contributed by atoms with Gasteiger partial charge in [0.2, 0.25) is 11.6 Å². The molecule has 3 aromatic rings. The number of hydrogen-bond acceptors (Lipinski definition) is 5. The summed E-state index contributed by atoms with van der Waals surface area (Å²) in [7, 11) is 2.90. The monoisotopic (exact) mass is 463 g/mol. The standard InChI is InChI=1S/C23H24F3N3O4/c1-6-16(21(30)27-14-7-8-18(32-4)19(11-14)33-5)29-17-10-13(3)12(2)9-15(17)28-20(22(29)31)23(24,25)26/h7-11,16H,6H2,1-5H3,(H,27,30)/t16-/m1/s1. The van der Waals surface area contributed by atoms with E-state index in [4.69, 9.17) is 9.47 Å². The van der Waals surface area contributed by atoms with Crippen LogP contribution in [0.4, 0.5) is 18.9 Å². The van der Waals surface area contributed by atoms with E-state index in [1.165, 1.54) is 26.4 Å². The first-order valence-electron chi connectivity index (χ1n) is 10.1. The number of anilines is 1. The normalized spacial score (nSPS) is 12.5. The van der Waals surface area contributed by atoms with Gasteiger partial charge in [-0.3, -0.25) is 14.2 Å². The number of amides is 1. The Morgan fingerprint density at radius 2 is 1.73 bits per heavy atom. The molecule has 0 aliphatic heterocycles. The smallest absolute Gasteiger partial charge is 0.438 e. The molecule has 0 spiro atoms. The van der Waals surface area contributed by atoms with Crippen LogP contribution in [0.3, 0.4) is 0 Å². The Balaban J connectivity index is 2.16. The number of fused-ring (bicyclic) bond motifs is 1. The molecule has 10 heteroatoms. The van der Waals surface area contributed by atoms with Gasteiger partial charge in [-0.1, -0.05) is 6.92 Å². The molecule has 0 fully saturated rings. The lowest BCUT2D eigenvalue weighted by Crippen LogP contribution is -2.37. The summed E-state index contributed by atoms with van der Waals surface area (Å²) in [5.74, 6) is 0.158. The third kappa shape index (κ3) is 4.64. The van der Waals surface area contributed by atoms with Crippen LogP contribution in [-0.4, -0.2) is 29.7 Å².